The molecule has 0 unspecified atom stereocenters. The Labute approximate surface area is 202 Å². The molecule has 10 nitrogen and oxygen atoms in total. The maximum atomic E-state index is 12.4. The van der Waals surface area contributed by atoms with E-state index in [1.807, 2.05) is 24.3 Å². The second kappa shape index (κ2) is 9.55. The van der Waals surface area contributed by atoms with E-state index in [0.29, 0.717) is 35.0 Å². The third-order valence-electron chi connectivity index (χ3n) is 5.36. The molecule has 0 spiro atoms. The molecule has 5 N–H and O–H groups in total. The first-order valence-corrected chi connectivity index (χ1v) is 12.3. The topological polar surface area (TPSA) is 167 Å². The number of primary amides is 1. The lowest BCUT2D eigenvalue weighted by molar-refractivity contribution is 0.248. The van der Waals surface area contributed by atoms with Gasteiger partial charge in [-0.15, -0.1) is 0 Å². The second-order valence-electron chi connectivity index (χ2n) is 8.10. The number of nitrogen functional groups attached to an aromatic ring is 1. The predicted molar refractivity (Wildman–Crippen MR) is 132 cm³/mol. The maximum Gasteiger partial charge on any atom is 0.312 e. The van der Waals surface area contributed by atoms with Crippen LogP contribution in [0.4, 0.5) is 10.6 Å². The van der Waals surface area contributed by atoms with Gasteiger partial charge in [-0.1, -0.05) is 41.6 Å². The van der Waals surface area contributed by atoms with Gasteiger partial charge in [-0.25, -0.2) is 23.2 Å². The van der Waals surface area contributed by atoms with Gasteiger partial charge in [0, 0.05) is 23.7 Å². The van der Waals surface area contributed by atoms with Crippen molar-refractivity contribution in [2.45, 2.75) is 30.5 Å². The first-order valence-electron chi connectivity index (χ1n) is 10.7. The van der Waals surface area contributed by atoms with E-state index in [9.17, 15) is 13.2 Å². The first-order chi connectivity index (χ1) is 16.6. The monoisotopic (exact) mass is 492 g/mol. The average Bonchev–Trinajstić information content (AvgIpc) is 3.33. The van der Waals surface area contributed by atoms with Crippen LogP contribution in [0.5, 0.6) is 0 Å². The summed E-state index contributed by atoms with van der Waals surface area (Å²) in [6, 6.07) is 15.0. The zero-order valence-corrected chi connectivity index (χ0v) is 19.9. The zero-order chi connectivity index (χ0) is 25.2. The number of carbonyl (C=O) groups is 1. The van der Waals surface area contributed by atoms with Crippen LogP contribution in [0.3, 0.4) is 0 Å². The number of urea groups is 1. The molecule has 2 amide bonds. The van der Waals surface area contributed by atoms with E-state index in [0.717, 1.165) is 11.1 Å². The van der Waals surface area contributed by atoms with Gasteiger partial charge in [-0.3, -0.25) is 0 Å². The molecule has 2 aromatic carbocycles. The van der Waals surface area contributed by atoms with Gasteiger partial charge in [-0.05, 0) is 31.5 Å². The van der Waals surface area contributed by atoms with E-state index in [1.54, 1.807) is 44.2 Å². The number of aromatic nitrogens is 3. The summed E-state index contributed by atoms with van der Waals surface area (Å²) in [5.74, 6) is 0.508. The molecule has 0 aliphatic rings. The lowest BCUT2D eigenvalue weighted by Gasteiger charge is -2.09. The van der Waals surface area contributed by atoms with E-state index in [-0.39, 0.29) is 10.7 Å². The molecule has 0 aliphatic carbocycles. The second-order valence-corrected chi connectivity index (χ2v) is 10.6. The summed E-state index contributed by atoms with van der Waals surface area (Å²) < 4.78 is 30.2. The van der Waals surface area contributed by atoms with Crippen LogP contribution in [-0.4, -0.2) is 34.8 Å². The van der Waals surface area contributed by atoms with Crippen molar-refractivity contribution in [3.05, 3.63) is 66.4 Å². The van der Waals surface area contributed by atoms with Crippen molar-refractivity contribution in [1.82, 2.24) is 20.4 Å². The number of benzene rings is 2. The lowest BCUT2D eigenvalue weighted by atomic mass is 10.1. The summed E-state index contributed by atoms with van der Waals surface area (Å²) in [7, 11) is -3.37. The Bertz CT molecular complexity index is 1460. The minimum Gasteiger partial charge on any atom is -0.382 e. The number of nitrogens with two attached hydrogens (primary N) is 2. The Morgan fingerprint density at radius 2 is 1.66 bits per heavy atom. The Morgan fingerprint density at radius 1 is 1.03 bits per heavy atom. The molecule has 0 aliphatic heterocycles. The Hall–Kier alpha value is -4.25. The first kappa shape index (κ1) is 23.9. The summed E-state index contributed by atoms with van der Waals surface area (Å²) in [4.78, 5) is 19.9. The number of nitrogens with one attached hydrogen (secondary N) is 1. The van der Waals surface area contributed by atoms with E-state index in [2.05, 4.69) is 20.4 Å². The average molecular weight is 493 g/mol. The smallest absolute Gasteiger partial charge is 0.312 e. The van der Waals surface area contributed by atoms with Crippen LogP contribution in [0, 0.1) is 0 Å². The van der Waals surface area contributed by atoms with Crippen LogP contribution < -0.4 is 16.8 Å². The molecule has 0 bridgehead atoms. The van der Waals surface area contributed by atoms with Crippen molar-refractivity contribution in [3.63, 3.8) is 0 Å². The van der Waals surface area contributed by atoms with Gasteiger partial charge in [0.1, 0.15) is 5.69 Å². The fourth-order valence-electron chi connectivity index (χ4n) is 3.31. The van der Waals surface area contributed by atoms with Crippen LogP contribution in [-0.2, 0) is 16.4 Å². The molecule has 11 heteroatoms. The number of sulfone groups is 1. The number of hydrogen-bond donors (Lipinski definition) is 3. The minimum absolute atomic E-state index is 0.170. The van der Waals surface area contributed by atoms with Crippen LogP contribution in [0.15, 0.2) is 70.2 Å². The quantitative estimate of drug-likeness (QED) is 0.353. The molecule has 0 fully saturated rings. The number of rotatable bonds is 7. The van der Waals surface area contributed by atoms with Crippen molar-refractivity contribution in [3.8, 4) is 34.0 Å². The maximum absolute atomic E-state index is 12.4. The van der Waals surface area contributed by atoms with E-state index in [1.165, 1.54) is 6.20 Å². The van der Waals surface area contributed by atoms with Gasteiger partial charge in [-0.2, -0.15) is 0 Å². The van der Waals surface area contributed by atoms with Crippen molar-refractivity contribution < 1.29 is 17.7 Å². The van der Waals surface area contributed by atoms with Crippen molar-refractivity contribution in [2.75, 3.05) is 5.73 Å². The molecule has 4 rings (SSSR count). The van der Waals surface area contributed by atoms with Crippen LogP contribution >= 0.6 is 0 Å². The zero-order valence-electron chi connectivity index (χ0n) is 19.1. The summed E-state index contributed by atoms with van der Waals surface area (Å²) in [5, 5.41) is 6.13. The van der Waals surface area contributed by atoms with E-state index in [4.69, 9.17) is 16.0 Å². The summed E-state index contributed by atoms with van der Waals surface area (Å²) >= 11 is 0. The Kier molecular flexibility index (Phi) is 6.52. The van der Waals surface area contributed by atoms with Crippen LogP contribution in [0.1, 0.15) is 19.4 Å². The molecule has 2 aromatic heterocycles. The van der Waals surface area contributed by atoms with Gasteiger partial charge in [0.05, 0.1) is 22.0 Å². The highest BCUT2D eigenvalue weighted by Crippen LogP contribution is 2.30. The van der Waals surface area contributed by atoms with Crippen LogP contribution in [0.2, 0.25) is 0 Å². The third kappa shape index (κ3) is 5.14. The van der Waals surface area contributed by atoms with Crippen LogP contribution in [0.25, 0.3) is 34.0 Å². The number of anilines is 1. The van der Waals surface area contributed by atoms with Crippen molar-refractivity contribution in [2.24, 2.45) is 5.73 Å². The summed E-state index contributed by atoms with van der Waals surface area (Å²) in [6.45, 7) is 3.60. The molecule has 0 saturated carbocycles. The highest BCUT2D eigenvalue weighted by molar-refractivity contribution is 7.92. The molecule has 4 aromatic rings. The number of nitrogens with zero attached hydrogens (tertiary/aromatic N) is 3. The minimum atomic E-state index is -3.37. The Morgan fingerprint density at radius 3 is 2.29 bits per heavy atom. The van der Waals surface area contributed by atoms with E-state index < -0.39 is 21.1 Å². The normalized spacial score (nSPS) is 11.5. The molecule has 180 valence electrons. The fourth-order valence-corrected chi connectivity index (χ4v) is 4.37. The number of hydrogen-bond acceptors (Lipinski definition) is 8. The van der Waals surface area contributed by atoms with Gasteiger partial charge >= 0.3 is 6.03 Å². The van der Waals surface area contributed by atoms with Crippen molar-refractivity contribution >= 4 is 21.7 Å². The largest absolute Gasteiger partial charge is 0.382 e. The van der Waals surface area contributed by atoms with Gasteiger partial charge in [0.15, 0.2) is 27.1 Å². The highest BCUT2D eigenvalue weighted by atomic mass is 32.2. The standard InChI is InChI=1S/C24H24N6O4S/c1-14(2)35(32,33)18-9-7-17(8-10-18)20-13-27-23(25)22(29-20)21-11-19(30-34-21)16-5-3-15(4-6-16)12-28-24(26)31/h3-11,13-14H,12H2,1-2H3,(H2,25,27)(H3,26,28,31). The van der Waals surface area contributed by atoms with Crippen molar-refractivity contribution in [1.29, 1.82) is 0 Å². The van der Waals surface area contributed by atoms with Gasteiger partial charge in [0.25, 0.3) is 0 Å². The molecule has 35 heavy (non-hydrogen) atoms. The molecule has 0 atom stereocenters. The molecule has 2 heterocycles. The predicted octanol–water partition coefficient (Wildman–Crippen LogP) is 3.40. The number of amides is 2. The molecule has 0 saturated heterocycles. The summed E-state index contributed by atoms with van der Waals surface area (Å²) in [5.41, 5.74) is 14.9. The molecular formula is C24H24N6O4S. The molecule has 0 radical (unpaired) electrons. The Balaban J connectivity index is 1.59. The van der Waals surface area contributed by atoms with Gasteiger partial charge < -0.3 is 21.3 Å². The molecular weight excluding hydrogens is 468 g/mol. The van der Waals surface area contributed by atoms with E-state index >= 15 is 0 Å². The highest BCUT2D eigenvalue weighted by Gasteiger charge is 2.20. The lowest BCUT2D eigenvalue weighted by Crippen LogP contribution is -2.28. The third-order valence-corrected chi connectivity index (χ3v) is 7.53. The summed E-state index contributed by atoms with van der Waals surface area (Å²) in [6.07, 6.45) is 1.51. The SMILES string of the molecule is CC(C)S(=O)(=O)c1ccc(-c2cnc(N)c(-c3cc(-c4ccc(CNC(N)=O)cc4)no3)n2)cc1. The number of carbonyl (C=O) groups excluding carboxylic acids is 1. The van der Waals surface area contributed by atoms with Gasteiger partial charge in [0.2, 0.25) is 0 Å². The fraction of sp³-hybridized carbons (Fsp3) is 0.167.